The van der Waals surface area contributed by atoms with E-state index in [1.165, 1.54) is 24.4 Å². The van der Waals surface area contributed by atoms with Crippen molar-refractivity contribution in [3.05, 3.63) is 71.8 Å². The van der Waals surface area contributed by atoms with E-state index in [1.54, 1.807) is 44.2 Å². The average molecular weight is 614 g/mol. The summed E-state index contributed by atoms with van der Waals surface area (Å²) >= 11 is 0. The molecule has 0 aliphatic carbocycles. The van der Waals surface area contributed by atoms with E-state index in [2.05, 4.69) is 20.0 Å². The van der Waals surface area contributed by atoms with Gasteiger partial charge in [0.1, 0.15) is 17.1 Å². The van der Waals surface area contributed by atoms with Gasteiger partial charge in [-0.2, -0.15) is 0 Å². The van der Waals surface area contributed by atoms with E-state index in [1.807, 2.05) is 0 Å². The molecule has 3 atom stereocenters. The average Bonchev–Trinajstić information content (AvgIpc) is 2.97. The third-order valence-corrected chi connectivity index (χ3v) is 6.75. The summed E-state index contributed by atoms with van der Waals surface area (Å²) in [5.74, 6) is -3.48. The predicted molar refractivity (Wildman–Crippen MR) is 155 cm³/mol. The van der Waals surface area contributed by atoms with Crippen LogP contribution in [0.25, 0.3) is 11.0 Å². The number of nitrogens with one attached hydrogen (secondary N) is 1. The van der Waals surface area contributed by atoms with E-state index in [0.717, 1.165) is 0 Å². The number of halogens is 1. The summed E-state index contributed by atoms with van der Waals surface area (Å²) in [6.07, 6.45) is -0.972. The van der Waals surface area contributed by atoms with Crippen molar-refractivity contribution < 1.29 is 42.9 Å². The van der Waals surface area contributed by atoms with Gasteiger partial charge < -0.3 is 36.1 Å². The van der Waals surface area contributed by atoms with Crippen molar-refractivity contribution in [2.24, 2.45) is 17.4 Å². The summed E-state index contributed by atoms with van der Waals surface area (Å²) < 4.78 is 28.4. The fourth-order valence-electron chi connectivity index (χ4n) is 4.37. The Morgan fingerprint density at radius 1 is 1.07 bits per heavy atom. The molecule has 1 aromatic heterocycles. The molecular weight excluding hydrogens is 577 g/mol. The minimum Gasteiger partial charge on any atom is -0.428 e. The third kappa shape index (κ3) is 10.5. The number of carbonyl (C=O) groups excluding carboxylic acids is 4. The normalized spacial score (nSPS) is 13.4. The lowest BCUT2D eigenvalue weighted by atomic mass is 9.87. The number of rotatable bonds is 15. The molecule has 3 rings (SSSR count). The number of primary amides is 1. The van der Waals surface area contributed by atoms with Gasteiger partial charge in [-0.1, -0.05) is 24.3 Å². The number of aromatic nitrogens is 2. The monoisotopic (exact) mass is 613 g/mol. The van der Waals surface area contributed by atoms with E-state index in [9.17, 15) is 28.7 Å². The smallest absolute Gasteiger partial charge is 0.428 e. The van der Waals surface area contributed by atoms with Crippen LogP contribution in [-0.4, -0.2) is 70.1 Å². The molecule has 1 heterocycles. The summed E-state index contributed by atoms with van der Waals surface area (Å²) in [6.45, 7) is 2.09. The number of hydrogen-bond donors (Lipinski definition) is 4. The van der Waals surface area contributed by atoms with E-state index >= 15 is 0 Å². The number of esters is 1. The Morgan fingerprint density at radius 2 is 1.80 bits per heavy atom. The second kappa shape index (κ2) is 15.7. The highest BCUT2D eigenvalue weighted by atomic mass is 19.1. The second-order valence-corrected chi connectivity index (χ2v) is 10.7. The molecule has 44 heavy (non-hydrogen) atoms. The Balaban J connectivity index is 1.69. The molecule has 0 aliphatic rings. The van der Waals surface area contributed by atoms with Crippen molar-refractivity contribution in [2.45, 2.75) is 57.3 Å². The lowest BCUT2D eigenvalue weighted by molar-refractivity contribution is -0.152. The van der Waals surface area contributed by atoms with Gasteiger partial charge in [-0.3, -0.25) is 19.4 Å². The van der Waals surface area contributed by atoms with Gasteiger partial charge in [0, 0.05) is 5.92 Å². The number of carbonyl (C=O) groups is 4. The second-order valence-electron chi connectivity index (χ2n) is 10.7. The van der Waals surface area contributed by atoms with Gasteiger partial charge in [-0.25, -0.2) is 14.2 Å². The van der Waals surface area contributed by atoms with Crippen molar-refractivity contribution in [1.82, 2.24) is 15.3 Å². The SMILES string of the molecule is CC(C)(CC[C@H](C[C@H](O)[C@H](Cc1cccc(F)c1)NC(=O)c1cnc2ccccc2n1)C(N)=O)OC(=O)OCOC(=O)CN. The number of aliphatic hydroxyl groups excluding tert-OH is 1. The highest BCUT2D eigenvalue weighted by molar-refractivity contribution is 5.94. The number of para-hydroxylation sites is 2. The van der Waals surface area contributed by atoms with Crippen LogP contribution < -0.4 is 16.8 Å². The molecule has 13 nitrogen and oxygen atoms in total. The van der Waals surface area contributed by atoms with Gasteiger partial charge in [0.05, 0.1) is 35.9 Å². The van der Waals surface area contributed by atoms with Crippen LogP contribution in [0.1, 0.15) is 49.2 Å². The van der Waals surface area contributed by atoms with Gasteiger partial charge >= 0.3 is 12.1 Å². The van der Waals surface area contributed by atoms with Gasteiger partial charge in [-0.15, -0.1) is 0 Å². The molecule has 14 heteroatoms. The van der Waals surface area contributed by atoms with Crippen molar-refractivity contribution in [1.29, 1.82) is 0 Å². The number of hydrogen-bond acceptors (Lipinski definition) is 11. The number of aliphatic hydroxyl groups is 1. The number of amides is 2. The minimum atomic E-state index is -1.29. The predicted octanol–water partition coefficient (Wildman–Crippen LogP) is 2.13. The van der Waals surface area contributed by atoms with Crippen molar-refractivity contribution in [3.8, 4) is 0 Å². The summed E-state index contributed by atoms with van der Waals surface area (Å²) in [5, 5.41) is 14.0. The van der Waals surface area contributed by atoms with Crippen molar-refractivity contribution >= 4 is 35.0 Å². The Morgan fingerprint density at radius 3 is 2.48 bits per heavy atom. The Bertz CT molecular complexity index is 1470. The van der Waals surface area contributed by atoms with E-state index in [4.69, 9.17) is 20.9 Å². The zero-order chi connectivity index (χ0) is 32.3. The first-order chi connectivity index (χ1) is 20.9. The highest BCUT2D eigenvalue weighted by Crippen LogP contribution is 2.25. The molecule has 2 aromatic carbocycles. The first-order valence-corrected chi connectivity index (χ1v) is 13.8. The lowest BCUT2D eigenvalue weighted by Gasteiger charge is -2.29. The molecule has 0 unspecified atom stereocenters. The van der Waals surface area contributed by atoms with Crippen LogP contribution in [0, 0.1) is 11.7 Å². The van der Waals surface area contributed by atoms with E-state index in [0.29, 0.717) is 16.6 Å². The summed E-state index contributed by atoms with van der Waals surface area (Å²) in [6, 6.07) is 11.7. The van der Waals surface area contributed by atoms with Crippen molar-refractivity contribution in [2.75, 3.05) is 13.3 Å². The van der Waals surface area contributed by atoms with E-state index in [-0.39, 0.29) is 37.9 Å². The number of benzene rings is 2. The molecule has 0 saturated carbocycles. The molecular formula is C30H36FN5O8. The molecule has 0 saturated heterocycles. The van der Waals surface area contributed by atoms with Gasteiger partial charge in [-0.05, 0) is 69.4 Å². The van der Waals surface area contributed by atoms with Crippen LogP contribution in [0.5, 0.6) is 0 Å². The summed E-state index contributed by atoms with van der Waals surface area (Å²) in [7, 11) is 0. The molecule has 2 amide bonds. The van der Waals surface area contributed by atoms with Crippen LogP contribution in [0.3, 0.4) is 0 Å². The maximum absolute atomic E-state index is 13.9. The van der Waals surface area contributed by atoms with Crippen molar-refractivity contribution in [3.63, 3.8) is 0 Å². The Hall–Kier alpha value is -4.69. The largest absolute Gasteiger partial charge is 0.511 e. The lowest BCUT2D eigenvalue weighted by Crippen LogP contribution is -2.46. The van der Waals surface area contributed by atoms with Crippen LogP contribution in [-0.2, 0) is 30.2 Å². The van der Waals surface area contributed by atoms with Gasteiger partial charge in [0.2, 0.25) is 12.7 Å². The number of nitrogens with zero attached hydrogens (tertiary/aromatic N) is 2. The highest BCUT2D eigenvalue weighted by Gasteiger charge is 2.31. The molecule has 6 N–H and O–H groups in total. The van der Waals surface area contributed by atoms with Crippen LogP contribution in [0.15, 0.2) is 54.7 Å². The molecule has 236 valence electrons. The third-order valence-electron chi connectivity index (χ3n) is 6.75. The number of fused-ring (bicyclic) bond motifs is 1. The standard InChI is InChI=1S/C30H36FN5O8/c1-30(2,44-29(41)43-17-42-26(38)15-32)11-10-19(27(33)39)14-25(37)23(13-18-6-5-7-20(31)12-18)36-28(40)24-16-34-21-8-3-4-9-22(21)35-24/h3-9,12,16,19,23,25,37H,10-11,13-15,17,32H2,1-2H3,(H2,33,39)(H,36,40)/t19-,23+,25+/m1/s1. The first kappa shape index (κ1) is 33.8. The van der Waals surface area contributed by atoms with E-state index < -0.39 is 60.2 Å². The zero-order valence-corrected chi connectivity index (χ0v) is 24.4. The van der Waals surface area contributed by atoms with Crippen LogP contribution in [0.4, 0.5) is 9.18 Å². The maximum atomic E-state index is 13.9. The van der Waals surface area contributed by atoms with Crippen LogP contribution in [0.2, 0.25) is 0 Å². The zero-order valence-electron chi connectivity index (χ0n) is 24.4. The molecule has 0 bridgehead atoms. The molecule has 0 fully saturated rings. The molecule has 0 spiro atoms. The quantitative estimate of drug-likeness (QED) is 0.144. The van der Waals surface area contributed by atoms with Gasteiger partial charge in [0.15, 0.2) is 0 Å². The fourth-order valence-corrected chi connectivity index (χ4v) is 4.37. The Kier molecular flexibility index (Phi) is 12.1. The first-order valence-electron chi connectivity index (χ1n) is 13.8. The Labute approximate surface area is 253 Å². The van der Waals surface area contributed by atoms with Crippen LogP contribution >= 0.6 is 0 Å². The minimum absolute atomic E-state index is 0.00942. The van der Waals surface area contributed by atoms with Gasteiger partial charge in [0.25, 0.3) is 5.91 Å². The number of nitrogens with two attached hydrogens (primary N) is 2. The summed E-state index contributed by atoms with van der Waals surface area (Å²) in [4.78, 5) is 57.2. The fraction of sp³-hybridized carbons (Fsp3) is 0.400. The topological polar surface area (TPSA) is 206 Å². The maximum Gasteiger partial charge on any atom is 0.511 e. The molecule has 3 aromatic rings. The number of ether oxygens (including phenoxy) is 3. The summed E-state index contributed by atoms with van der Waals surface area (Å²) in [5.41, 5.74) is 11.2. The molecule has 0 radical (unpaired) electrons. The molecule has 0 aliphatic heterocycles.